The molecule has 0 fully saturated rings. The van der Waals surface area contributed by atoms with Crippen LogP contribution in [0.2, 0.25) is 0 Å². The van der Waals surface area contributed by atoms with Gasteiger partial charge in [0.25, 0.3) is 0 Å². The summed E-state index contributed by atoms with van der Waals surface area (Å²) in [5, 5.41) is 11.6. The Morgan fingerprint density at radius 3 is 2.32 bits per heavy atom. The van der Waals surface area contributed by atoms with Gasteiger partial charge in [-0.15, -0.1) is 0 Å². The maximum Gasteiger partial charge on any atom is 0.407 e. The van der Waals surface area contributed by atoms with E-state index in [1.54, 1.807) is 0 Å². The van der Waals surface area contributed by atoms with Gasteiger partial charge >= 0.3 is 6.18 Å². The van der Waals surface area contributed by atoms with E-state index in [0.29, 0.717) is 6.42 Å². The number of benzene rings is 1. The summed E-state index contributed by atoms with van der Waals surface area (Å²) < 4.78 is 58.1. The Bertz CT molecular complexity index is 477. The predicted molar refractivity (Wildman–Crippen MR) is 75.2 cm³/mol. The fourth-order valence-electron chi connectivity index (χ4n) is 2.24. The van der Waals surface area contributed by atoms with Crippen LogP contribution in [0.5, 0.6) is 5.75 Å². The lowest BCUT2D eigenvalue weighted by Gasteiger charge is -2.28. The van der Waals surface area contributed by atoms with E-state index < -0.39 is 30.7 Å². The van der Waals surface area contributed by atoms with Gasteiger partial charge in [-0.2, -0.15) is 13.2 Å². The lowest BCUT2D eigenvalue weighted by Crippen LogP contribution is -2.43. The first-order valence-corrected chi connectivity index (χ1v) is 6.96. The van der Waals surface area contributed by atoms with Gasteiger partial charge in [-0.05, 0) is 30.0 Å². The lowest BCUT2D eigenvalue weighted by molar-refractivity contribution is -0.160. The summed E-state index contributed by atoms with van der Waals surface area (Å²) in [4.78, 5) is 0. The van der Waals surface area contributed by atoms with Crippen LogP contribution in [0.1, 0.15) is 31.9 Å². The zero-order valence-electron chi connectivity index (χ0n) is 12.7. The summed E-state index contributed by atoms with van der Waals surface area (Å²) in [6.07, 6.45) is -4.23. The normalized spacial score (nSPS) is 15.0. The highest BCUT2D eigenvalue weighted by atomic mass is 19.4. The van der Waals surface area contributed by atoms with Crippen LogP contribution >= 0.6 is 0 Å². The molecule has 1 aromatic rings. The van der Waals surface area contributed by atoms with E-state index in [1.165, 1.54) is 7.11 Å². The first kappa shape index (κ1) is 18.7. The quantitative estimate of drug-likeness (QED) is 0.755. The van der Waals surface area contributed by atoms with Crippen molar-refractivity contribution in [1.29, 1.82) is 0 Å². The maximum absolute atomic E-state index is 13.7. The van der Waals surface area contributed by atoms with Crippen molar-refractivity contribution < 1.29 is 27.4 Å². The molecule has 0 aliphatic heterocycles. The molecule has 0 heterocycles. The van der Waals surface area contributed by atoms with Gasteiger partial charge in [0.15, 0.2) is 11.6 Å². The molecule has 0 radical (unpaired) electrons. The van der Waals surface area contributed by atoms with Gasteiger partial charge in [0.05, 0.1) is 13.7 Å². The predicted octanol–water partition coefficient (Wildman–Crippen LogP) is 3.43. The van der Waals surface area contributed by atoms with Gasteiger partial charge in [0, 0.05) is 6.04 Å². The Labute approximate surface area is 127 Å². The fourth-order valence-corrected chi connectivity index (χ4v) is 2.24. The maximum atomic E-state index is 13.7. The summed E-state index contributed by atoms with van der Waals surface area (Å²) in [5.74, 6) is -0.864. The Kier molecular flexibility index (Phi) is 6.62. The van der Waals surface area contributed by atoms with E-state index in [9.17, 15) is 22.7 Å². The Balaban J connectivity index is 3.05. The standard InChI is InChI=1S/C15H21F4NO2/c1-9(2)6-11(8-21)20-14(15(17,18)19)10-4-5-13(22-3)12(16)7-10/h4-5,7,9,11,14,20-21H,6,8H2,1-3H3/t11-,14-/m0/s1. The number of aliphatic hydroxyl groups excluding tert-OH is 1. The Morgan fingerprint density at radius 2 is 1.91 bits per heavy atom. The molecule has 2 N–H and O–H groups in total. The molecule has 1 aromatic carbocycles. The minimum absolute atomic E-state index is 0.117. The molecule has 0 unspecified atom stereocenters. The molecule has 7 heteroatoms. The molecular weight excluding hydrogens is 302 g/mol. The van der Waals surface area contributed by atoms with Gasteiger partial charge in [-0.1, -0.05) is 19.9 Å². The average molecular weight is 323 g/mol. The molecule has 0 aliphatic carbocycles. The molecule has 2 atom stereocenters. The Morgan fingerprint density at radius 1 is 1.27 bits per heavy atom. The molecule has 0 aromatic heterocycles. The molecule has 1 rings (SSSR count). The van der Waals surface area contributed by atoms with E-state index in [-0.39, 0.29) is 17.2 Å². The number of methoxy groups -OCH3 is 1. The molecule has 0 saturated heterocycles. The van der Waals surface area contributed by atoms with Crippen LogP contribution in [-0.2, 0) is 0 Å². The Hall–Kier alpha value is -1.34. The molecular formula is C15H21F4NO2. The molecule has 0 spiro atoms. The summed E-state index contributed by atoms with van der Waals surface area (Å²) in [5.41, 5.74) is -0.256. The van der Waals surface area contributed by atoms with Crippen LogP contribution in [-0.4, -0.2) is 31.0 Å². The van der Waals surface area contributed by atoms with Crippen LogP contribution < -0.4 is 10.1 Å². The van der Waals surface area contributed by atoms with Crippen molar-refractivity contribution in [3.8, 4) is 5.75 Å². The zero-order chi connectivity index (χ0) is 16.9. The third-order valence-electron chi connectivity index (χ3n) is 3.22. The smallest absolute Gasteiger partial charge is 0.407 e. The number of nitrogens with one attached hydrogen (secondary N) is 1. The summed E-state index contributed by atoms with van der Waals surface area (Å²) in [6.45, 7) is 3.27. The minimum Gasteiger partial charge on any atom is -0.494 e. The van der Waals surface area contributed by atoms with Crippen molar-refractivity contribution in [2.75, 3.05) is 13.7 Å². The number of ether oxygens (including phenoxy) is 1. The van der Waals surface area contributed by atoms with Crippen molar-refractivity contribution in [1.82, 2.24) is 5.32 Å². The van der Waals surface area contributed by atoms with Crippen molar-refractivity contribution in [3.05, 3.63) is 29.6 Å². The summed E-state index contributed by atoms with van der Waals surface area (Å²) >= 11 is 0. The van der Waals surface area contributed by atoms with Crippen LogP contribution in [0.25, 0.3) is 0 Å². The molecule has 3 nitrogen and oxygen atoms in total. The fraction of sp³-hybridized carbons (Fsp3) is 0.600. The molecule has 0 bridgehead atoms. The zero-order valence-corrected chi connectivity index (χ0v) is 12.7. The second-order valence-electron chi connectivity index (χ2n) is 5.54. The number of hydrogen-bond acceptors (Lipinski definition) is 3. The number of rotatable bonds is 7. The highest BCUT2D eigenvalue weighted by molar-refractivity contribution is 5.31. The molecule has 126 valence electrons. The number of aliphatic hydroxyl groups is 1. The minimum atomic E-state index is -4.61. The number of hydrogen-bond donors (Lipinski definition) is 2. The van der Waals surface area contributed by atoms with Crippen LogP contribution in [0, 0.1) is 11.7 Å². The van der Waals surface area contributed by atoms with Crippen LogP contribution in [0.15, 0.2) is 18.2 Å². The largest absolute Gasteiger partial charge is 0.494 e. The van der Waals surface area contributed by atoms with Gasteiger partial charge in [-0.3, -0.25) is 5.32 Å². The van der Waals surface area contributed by atoms with Gasteiger partial charge in [-0.25, -0.2) is 4.39 Å². The van der Waals surface area contributed by atoms with Gasteiger partial charge in [0.1, 0.15) is 6.04 Å². The number of alkyl halides is 3. The third-order valence-corrected chi connectivity index (χ3v) is 3.22. The van der Waals surface area contributed by atoms with Crippen molar-refractivity contribution in [2.24, 2.45) is 5.92 Å². The second kappa shape index (κ2) is 7.78. The molecule has 0 aliphatic rings. The molecule has 22 heavy (non-hydrogen) atoms. The van der Waals surface area contributed by atoms with Gasteiger partial charge in [0.2, 0.25) is 0 Å². The topological polar surface area (TPSA) is 41.5 Å². The van der Waals surface area contributed by atoms with E-state index in [4.69, 9.17) is 4.74 Å². The first-order valence-electron chi connectivity index (χ1n) is 6.96. The van der Waals surface area contributed by atoms with E-state index in [1.807, 2.05) is 13.8 Å². The van der Waals surface area contributed by atoms with E-state index >= 15 is 0 Å². The van der Waals surface area contributed by atoms with Crippen molar-refractivity contribution in [3.63, 3.8) is 0 Å². The second-order valence-corrected chi connectivity index (χ2v) is 5.54. The molecule has 0 saturated carbocycles. The van der Waals surface area contributed by atoms with E-state index in [0.717, 1.165) is 18.2 Å². The third kappa shape index (κ3) is 5.14. The summed E-state index contributed by atoms with van der Waals surface area (Å²) in [6, 6.07) is 0.340. The highest BCUT2D eigenvalue weighted by Crippen LogP contribution is 2.35. The van der Waals surface area contributed by atoms with Gasteiger partial charge < -0.3 is 9.84 Å². The van der Waals surface area contributed by atoms with Crippen molar-refractivity contribution in [2.45, 2.75) is 38.5 Å². The highest BCUT2D eigenvalue weighted by Gasteiger charge is 2.42. The lowest BCUT2D eigenvalue weighted by atomic mass is 10.0. The monoisotopic (exact) mass is 323 g/mol. The van der Waals surface area contributed by atoms with Crippen LogP contribution in [0.3, 0.4) is 0 Å². The average Bonchev–Trinajstić information content (AvgIpc) is 2.41. The summed E-state index contributed by atoms with van der Waals surface area (Å²) in [7, 11) is 1.24. The van der Waals surface area contributed by atoms with Crippen LogP contribution in [0.4, 0.5) is 17.6 Å². The van der Waals surface area contributed by atoms with E-state index in [2.05, 4.69) is 5.32 Å². The SMILES string of the molecule is COc1ccc([C@H](N[C@H](CO)CC(C)C)C(F)(F)F)cc1F. The first-order chi connectivity index (χ1) is 10.2. The van der Waals surface area contributed by atoms with Crippen molar-refractivity contribution >= 4 is 0 Å². The number of halogens is 4. The molecule has 0 amide bonds.